The molecule has 1 unspecified atom stereocenters. The van der Waals surface area contributed by atoms with E-state index < -0.39 is 5.60 Å². The van der Waals surface area contributed by atoms with Crippen molar-refractivity contribution in [3.05, 3.63) is 47.3 Å². The summed E-state index contributed by atoms with van der Waals surface area (Å²) in [5.41, 5.74) is 6.08. The van der Waals surface area contributed by atoms with Crippen molar-refractivity contribution in [1.29, 1.82) is 0 Å². The van der Waals surface area contributed by atoms with Gasteiger partial charge in [-0.05, 0) is 65.6 Å². The fourth-order valence-corrected chi connectivity index (χ4v) is 4.79. The van der Waals surface area contributed by atoms with Gasteiger partial charge in [0.25, 0.3) is 0 Å². The molecule has 1 fully saturated rings. The molecule has 1 aliphatic carbocycles. The molecule has 29 heavy (non-hydrogen) atoms. The van der Waals surface area contributed by atoms with E-state index in [4.69, 9.17) is 14.5 Å². The highest BCUT2D eigenvalue weighted by Crippen LogP contribution is 2.46. The van der Waals surface area contributed by atoms with Crippen molar-refractivity contribution >= 4 is 0 Å². The number of rotatable bonds is 5. The maximum atomic E-state index is 6.32. The molecule has 1 aliphatic heterocycles. The van der Waals surface area contributed by atoms with Crippen LogP contribution in [0.1, 0.15) is 42.6 Å². The Hall–Kier alpha value is -2.64. The zero-order valence-electron chi connectivity index (χ0n) is 16.6. The SMILES string of the molecule is COCC1(c2nc3c(c(-c4ccccc4)c2-c2nnn[nH]2)CCCC3)CCCO1. The van der Waals surface area contributed by atoms with E-state index in [0.717, 1.165) is 48.9 Å². The Morgan fingerprint density at radius 2 is 1.97 bits per heavy atom. The summed E-state index contributed by atoms with van der Waals surface area (Å²) in [6.45, 7) is 1.17. The Morgan fingerprint density at radius 3 is 2.69 bits per heavy atom. The van der Waals surface area contributed by atoms with E-state index in [1.165, 1.54) is 23.2 Å². The lowest BCUT2D eigenvalue weighted by atomic mass is 9.81. The molecule has 7 heteroatoms. The number of hydrogen-bond acceptors (Lipinski definition) is 6. The first-order valence-corrected chi connectivity index (χ1v) is 10.3. The van der Waals surface area contributed by atoms with Crippen molar-refractivity contribution in [2.75, 3.05) is 20.3 Å². The van der Waals surface area contributed by atoms with Gasteiger partial charge in [-0.25, -0.2) is 5.10 Å². The molecule has 150 valence electrons. The maximum Gasteiger partial charge on any atom is 0.182 e. The molecule has 0 saturated carbocycles. The lowest BCUT2D eigenvalue weighted by molar-refractivity contribution is -0.0586. The van der Waals surface area contributed by atoms with Crippen LogP contribution < -0.4 is 0 Å². The third-order valence-corrected chi connectivity index (χ3v) is 6.03. The van der Waals surface area contributed by atoms with Crippen LogP contribution in [0.15, 0.2) is 30.3 Å². The van der Waals surface area contributed by atoms with Crippen LogP contribution in [-0.2, 0) is 27.9 Å². The number of H-pyrrole nitrogens is 1. The van der Waals surface area contributed by atoms with Crippen LogP contribution in [0.3, 0.4) is 0 Å². The zero-order chi connectivity index (χ0) is 19.7. The van der Waals surface area contributed by atoms with E-state index in [1.54, 1.807) is 7.11 Å². The third-order valence-electron chi connectivity index (χ3n) is 6.03. The summed E-state index contributed by atoms with van der Waals surface area (Å²) in [5, 5.41) is 15.0. The molecule has 1 saturated heterocycles. The van der Waals surface area contributed by atoms with Crippen LogP contribution >= 0.6 is 0 Å². The number of nitrogens with zero attached hydrogens (tertiary/aromatic N) is 4. The molecule has 5 rings (SSSR count). The molecule has 7 nitrogen and oxygen atoms in total. The highest BCUT2D eigenvalue weighted by atomic mass is 16.5. The molecule has 1 atom stereocenters. The topological polar surface area (TPSA) is 85.8 Å². The number of benzene rings is 1. The molecule has 3 heterocycles. The highest BCUT2D eigenvalue weighted by molar-refractivity contribution is 5.85. The average Bonchev–Trinajstić information content (AvgIpc) is 3.46. The van der Waals surface area contributed by atoms with Crippen molar-refractivity contribution in [2.45, 2.75) is 44.1 Å². The van der Waals surface area contributed by atoms with Gasteiger partial charge in [-0.2, -0.15) is 0 Å². The van der Waals surface area contributed by atoms with Gasteiger partial charge < -0.3 is 9.47 Å². The first-order chi connectivity index (χ1) is 14.3. The largest absolute Gasteiger partial charge is 0.381 e. The molecular formula is C22H25N5O2. The van der Waals surface area contributed by atoms with Crippen LogP contribution in [0.4, 0.5) is 0 Å². The second kappa shape index (κ2) is 7.65. The second-order valence-electron chi connectivity index (χ2n) is 7.84. The fourth-order valence-electron chi connectivity index (χ4n) is 4.79. The number of tetrazole rings is 1. The fraction of sp³-hybridized carbons (Fsp3) is 0.455. The highest BCUT2D eigenvalue weighted by Gasteiger charge is 2.43. The van der Waals surface area contributed by atoms with E-state index >= 15 is 0 Å². The smallest absolute Gasteiger partial charge is 0.182 e. The molecule has 0 bridgehead atoms. The van der Waals surface area contributed by atoms with Crippen LogP contribution in [0.25, 0.3) is 22.5 Å². The lowest BCUT2D eigenvalue weighted by Crippen LogP contribution is -2.33. The Morgan fingerprint density at radius 1 is 1.10 bits per heavy atom. The van der Waals surface area contributed by atoms with Crippen LogP contribution in [-0.4, -0.2) is 45.9 Å². The molecule has 0 spiro atoms. The van der Waals surface area contributed by atoms with Gasteiger partial charge >= 0.3 is 0 Å². The Bertz CT molecular complexity index is 982. The van der Waals surface area contributed by atoms with Gasteiger partial charge in [0.05, 0.1) is 17.9 Å². The van der Waals surface area contributed by atoms with Gasteiger partial charge in [0, 0.05) is 19.4 Å². The van der Waals surface area contributed by atoms with Crippen molar-refractivity contribution in [2.24, 2.45) is 0 Å². The summed E-state index contributed by atoms with van der Waals surface area (Å²) in [5.74, 6) is 0.630. The minimum absolute atomic E-state index is 0.460. The maximum absolute atomic E-state index is 6.32. The van der Waals surface area contributed by atoms with Gasteiger partial charge in [0.2, 0.25) is 0 Å². The number of fused-ring (bicyclic) bond motifs is 1. The van der Waals surface area contributed by atoms with Crippen molar-refractivity contribution in [3.8, 4) is 22.5 Å². The summed E-state index contributed by atoms with van der Waals surface area (Å²) in [4.78, 5) is 5.21. The molecular weight excluding hydrogens is 366 g/mol. The monoisotopic (exact) mass is 391 g/mol. The van der Waals surface area contributed by atoms with E-state index in [-0.39, 0.29) is 0 Å². The van der Waals surface area contributed by atoms with Gasteiger partial charge in [-0.3, -0.25) is 4.98 Å². The van der Waals surface area contributed by atoms with Crippen molar-refractivity contribution in [1.82, 2.24) is 25.6 Å². The Balaban J connectivity index is 1.86. The number of hydrogen-bond donors (Lipinski definition) is 1. The summed E-state index contributed by atoms with van der Waals surface area (Å²) in [6, 6.07) is 10.5. The number of pyridine rings is 1. The van der Waals surface area contributed by atoms with Gasteiger partial charge in [0.1, 0.15) is 5.60 Å². The Labute approximate surface area is 169 Å². The quantitative estimate of drug-likeness (QED) is 0.717. The van der Waals surface area contributed by atoms with E-state index in [2.05, 4.69) is 44.9 Å². The standard InChI is InChI=1S/C22H25N5O2/c1-28-14-22(12-7-13-29-22)20-19(21-24-26-27-25-21)18(15-8-3-2-4-9-15)16-10-5-6-11-17(16)23-20/h2-4,8-9H,5-7,10-14H2,1H3,(H,24,25,26,27). The first kappa shape index (κ1) is 18.4. The minimum Gasteiger partial charge on any atom is -0.381 e. The van der Waals surface area contributed by atoms with Gasteiger partial charge in [0.15, 0.2) is 5.82 Å². The summed E-state index contributed by atoms with van der Waals surface area (Å²) < 4.78 is 11.9. The lowest BCUT2D eigenvalue weighted by Gasteiger charge is -2.32. The average molecular weight is 391 g/mol. The van der Waals surface area contributed by atoms with Gasteiger partial charge in [-0.15, -0.1) is 5.10 Å². The molecule has 2 aromatic heterocycles. The number of aryl methyl sites for hydroxylation is 1. The number of nitrogens with one attached hydrogen (secondary N) is 1. The number of methoxy groups -OCH3 is 1. The van der Waals surface area contributed by atoms with E-state index in [9.17, 15) is 0 Å². The first-order valence-electron chi connectivity index (χ1n) is 10.3. The third kappa shape index (κ3) is 3.14. The summed E-state index contributed by atoms with van der Waals surface area (Å²) in [7, 11) is 1.72. The second-order valence-corrected chi connectivity index (χ2v) is 7.84. The van der Waals surface area contributed by atoms with E-state index in [0.29, 0.717) is 19.0 Å². The number of aromatic amines is 1. The normalized spacial score (nSPS) is 21.3. The molecule has 0 radical (unpaired) electrons. The predicted octanol–water partition coefficient (Wildman–Crippen LogP) is 3.46. The van der Waals surface area contributed by atoms with E-state index in [1.807, 2.05) is 6.07 Å². The number of ether oxygens (including phenoxy) is 2. The van der Waals surface area contributed by atoms with Crippen molar-refractivity contribution < 1.29 is 9.47 Å². The van der Waals surface area contributed by atoms with Crippen LogP contribution in [0.2, 0.25) is 0 Å². The van der Waals surface area contributed by atoms with Crippen molar-refractivity contribution in [3.63, 3.8) is 0 Å². The molecule has 1 N–H and O–H groups in total. The van der Waals surface area contributed by atoms with Crippen LogP contribution in [0, 0.1) is 0 Å². The minimum atomic E-state index is -0.577. The molecule has 0 amide bonds. The molecule has 3 aromatic rings. The Kier molecular flexibility index (Phi) is 4.85. The molecule has 1 aromatic carbocycles. The zero-order valence-corrected chi connectivity index (χ0v) is 16.6. The van der Waals surface area contributed by atoms with Crippen LogP contribution in [0.5, 0.6) is 0 Å². The summed E-state index contributed by atoms with van der Waals surface area (Å²) >= 11 is 0. The number of aromatic nitrogens is 5. The molecule has 2 aliphatic rings. The predicted molar refractivity (Wildman–Crippen MR) is 108 cm³/mol. The summed E-state index contributed by atoms with van der Waals surface area (Å²) in [6.07, 6.45) is 6.18. The van der Waals surface area contributed by atoms with Gasteiger partial charge in [-0.1, -0.05) is 30.3 Å².